The van der Waals surface area contributed by atoms with Gasteiger partial charge >= 0.3 is 5.97 Å². The molecule has 0 radical (unpaired) electrons. The minimum atomic E-state index is -0.645. The molecule has 3 rings (SSSR count). The van der Waals surface area contributed by atoms with Crippen LogP contribution < -0.4 is 4.74 Å². The number of ether oxygens (including phenoxy) is 3. The summed E-state index contributed by atoms with van der Waals surface area (Å²) in [7, 11) is 0. The highest BCUT2D eigenvalue weighted by Gasteiger charge is 2.21. The van der Waals surface area contributed by atoms with Crippen LogP contribution in [0.1, 0.15) is 25.7 Å². The maximum Gasteiger partial charge on any atom is 0.340 e. The van der Waals surface area contributed by atoms with Crippen molar-refractivity contribution in [2.45, 2.75) is 38.9 Å². The topological polar surface area (TPSA) is 83.7 Å². The van der Waals surface area contributed by atoms with Crippen LogP contribution in [0.4, 0.5) is 0 Å². The SMILES string of the molecule is Cc1nc(-c2ccc(OC(=O)C(C)OCC3CCCO3)cc2)no1. The Bertz CT molecular complexity index is 677. The van der Waals surface area contributed by atoms with Gasteiger partial charge in [0.05, 0.1) is 12.7 Å². The van der Waals surface area contributed by atoms with Crippen LogP contribution in [0.25, 0.3) is 11.4 Å². The average Bonchev–Trinajstić information content (AvgIpc) is 3.25. The number of nitrogens with zero attached hydrogens (tertiary/aromatic N) is 2. The summed E-state index contributed by atoms with van der Waals surface area (Å²) in [5.74, 6) is 1.00. The lowest BCUT2D eigenvalue weighted by atomic mass is 10.2. The third-order valence-electron chi connectivity index (χ3n) is 3.75. The van der Waals surface area contributed by atoms with Crippen molar-refractivity contribution in [2.24, 2.45) is 0 Å². The van der Waals surface area contributed by atoms with E-state index in [1.54, 1.807) is 38.1 Å². The molecule has 0 spiro atoms. The van der Waals surface area contributed by atoms with Crippen molar-refractivity contribution in [3.05, 3.63) is 30.2 Å². The molecule has 2 atom stereocenters. The first-order valence-electron chi connectivity index (χ1n) is 7.97. The van der Waals surface area contributed by atoms with Crippen LogP contribution in [0.2, 0.25) is 0 Å². The van der Waals surface area contributed by atoms with Crippen LogP contribution in [0.5, 0.6) is 5.75 Å². The van der Waals surface area contributed by atoms with E-state index in [9.17, 15) is 4.79 Å². The minimum absolute atomic E-state index is 0.0814. The first-order chi connectivity index (χ1) is 11.6. The Kier molecular flexibility index (Phi) is 5.22. The van der Waals surface area contributed by atoms with Crippen molar-refractivity contribution in [1.82, 2.24) is 10.1 Å². The van der Waals surface area contributed by atoms with Crippen LogP contribution in [0.3, 0.4) is 0 Å². The van der Waals surface area contributed by atoms with Gasteiger partial charge in [0.1, 0.15) is 5.75 Å². The number of rotatable bonds is 6. The van der Waals surface area contributed by atoms with Gasteiger partial charge in [-0.05, 0) is 44.0 Å². The second-order valence-electron chi connectivity index (χ2n) is 5.69. The fourth-order valence-corrected chi connectivity index (χ4v) is 2.38. The Balaban J connectivity index is 1.52. The predicted molar refractivity (Wildman–Crippen MR) is 84.5 cm³/mol. The monoisotopic (exact) mass is 332 g/mol. The summed E-state index contributed by atoms with van der Waals surface area (Å²) in [5, 5.41) is 3.84. The highest BCUT2D eigenvalue weighted by molar-refractivity contribution is 5.77. The summed E-state index contributed by atoms with van der Waals surface area (Å²) in [6.45, 7) is 4.57. The van der Waals surface area contributed by atoms with Crippen molar-refractivity contribution < 1.29 is 23.5 Å². The summed E-state index contributed by atoms with van der Waals surface area (Å²) in [5.41, 5.74) is 0.786. The van der Waals surface area contributed by atoms with Crippen molar-refractivity contribution in [3.8, 4) is 17.1 Å². The van der Waals surface area contributed by atoms with Gasteiger partial charge in [0.25, 0.3) is 0 Å². The molecular weight excluding hydrogens is 312 g/mol. The van der Waals surface area contributed by atoms with E-state index in [-0.39, 0.29) is 6.10 Å². The van der Waals surface area contributed by atoms with Gasteiger partial charge in [-0.15, -0.1) is 0 Å². The van der Waals surface area contributed by atoms with E-state index in [4.69, 9.17) is 18.7 Å². The van der Waals surface area contributed by atoms with E-state index < -0.39 is 12.1 Å². The molecule has 7 heteroatoms. The van der Waals surface area contributed by atoms with E-state index in [2.05, 4.69) is 10.1 Å². The first-order valence-corrected chi connectivity index (χ1v) is 7.97. The fourth-order valence-electron chi connectivity index (χ4n) is 2.38. The molecule has 0 aliphatic carbocycles. The van der Waals surface area contributed by atoms with Gasteiger partial charge < -0.3 is 18.7 Å². The number of esters is 1. The Morgan fingerprint density at radius 1 is 1.38 bits per heavy atom. The molecule has 1 aliphatic rings. The lowest BCUT2D eigenvalue weighted by molar-refractivity contribution is -0.148. The number of aryl methyl sites for hydroxylation is 1. The number of hydrogen-bond acceptors (Lipinski definition) is 7. The molecule has 1 aromatic carbocycles. The highest BCUT2D eigenvalue weighted by Crippen LogP contribution is 2.20. The average molecular weight is 332 g/mol. The maximum absolute atomic E-state index is 12.0. The van der Waals surface area contributed by atoms with E-state index in [1.807, 2.05) is 0 Å². The zero-order valence-corrected chi connectivity index (χ0v) is 13.7. The number of carbonyl (C=O) groups excluding carboxylic acids is 1. The van der Waals surface area contributed by atoms with Gasteiger partial charge in [-0.25, -0.2) is 4.79 Å². The fraction of sp³-hybridized carbons (Fsp3) is 0.471. The van der Waals surface area contributed by atoms with Gasteiger partial charge in [0.2, 0.25) is 11.7 Å². The van der Waals surface area contributed by atoms with Crippen LogP contribution in [0.15, 0.2) is 28.8 Å². The molecule has 0 N–H and O–H groups in total. The summed E-state index contributed by atoms with van der Waals surface area (Å²) in [4.78, 5) is 16.2. The van der Waals surface area contributed by atoms with E-state index in [0.29, 0.717) is 24.1 Å². The van der Waals surface area contributed by atoms with E-state index >= 15 is 0 Å². The summed E-state index contributed by atoms with van der Waals surface area (Å²) < 4.78 is 21.2. The number of hydrogen-bond donors (Lipinski definition) is 0. The van der Waals surface area contributed by atoms with E-state index in [1.165, 1.54) is 0 Å². The molecule has 2 aromatic rings. The van der Waals surface area contributed by atoms with Gasteiger partial charge in [-0.3, -0.25) is 0 Å². The van der Waals surface area contributed by atoms with Crippen LogP contribution in [0, 0.1) is 6.92 Å². The largest absolute Gasteiger partial charge is 0.425 e. The molecular formula is C17H20N2O5. The molecule has 128 valence electrons. The third kappa shape index (κ3) is 4.18. The van der Waals surface area contributed by atoms with Crippen molar-refractivity contribution >= 4 is 5.97 Å². The Labute approximate surface area is 139 Å². The van der Waals surface area contributed by atoms with Gasteiger partial charge in [0.15, 0.2) is 6.10 Å². The number of aromatic nitrogens is 2. The predicted octanol–water partition coefficient (Wildman–Crippen LogP) is 2.53. The van der Waals surface area contributed by atoms with Crippen molar-refractivity contribution in [2.75, 3.05) is 13.2 Å². The molecule has 0 saturated carbocycles. The second kappa shape index (κ2) is 7.55. The molecule has 1 fully saturated rings. The molecule has 24 heavy (non-hydrogen) atoms. The lowest BCUT2D eigenvalue weighted by Gasteiger charge is -2.15. The van der Waals surface area contributed by atoms with E-state index in [0.717, 1.165) is 25.0 Å². The van der Waals surface area contributed by atoms with Crippen molar-refractivity contribution in [3.63, 3.8) is 0 Å². The standard InChI is InChI=1S/C17H20N2O5/c1-11(22-10-15-4-3-9-21-15)17(20)23-14-7-5-13(6-8-14)16-18-12(2)24-19-16/h5-8,11,15H,3-4,9-10H2,1-2H3. The number of benzene rings is 1. The molecule has 1 aromatic heterocycles. The van der Waals surface area contributed by atoms with Crippen LogP contribution in [-0.2, 0) is 14.3 Å². The zero-order valence-electron chi connectivity index (χ0n) is 13.7. The van der Waals surface area contributed by atoms with Gasteiger partial charge in [0, 0.05) is 19.1 Å². The first kappa shape index (κ1) is 16.6. The molecule has 0 amide bonds. The normalized spacial score (nSPS) is 18.5. The molecule has 2 unspecified atom stereocenters. The van der Waals surface area contributed by atoms with Crippen LogP contribution in [-0.4, -0.2) is 41.5 Å². The molecule has 1 saturated heterocycles. The Hall–Kier alpha value is -2.25. The zero-order chi connectivity index (χ0) is 16.9. The minimum Gasteiger partial charge on any atom is -0.425 e. The summed E-state index contributed by atoms with van der Waals surface area (Å²) in [6.07, 6.45) is 1.45. The molecule has 1 aliphatic heterocycles. The Morgan fingerprint density at radius 3 is 2.79 bits per heavy atom. The quantitative estimate of drug-likeness (QED) is 0.593. The number of carbonyl (C=O) groups is 1. The van der Waals surface area contributed by atoms with Gasteiger partial charge in [-0.2, -0.15) is 4.98 Å². The highest BCUT2D eigenvalue weighted by atomic mass is 16.6. The summed E-state index contributed by atoms with van der Waals surface area (Å²) >= 11 is 0. The smallest absolute Gasteiger partial charge is 0.340 e. The summed E-state index contributed by atoms with van der Waals surface area (Å²) in [6, 6.07) is 6.91. The second-order valence-corrected chi connectivity index (χ2v) is 5.69. The third-order valence-corrected chi connectivity index (χ3v) is 3.75. The van der Waals surface area contributed by atoms with Gasteiger partial charge in [-0.1, -0.05) is 5.16 Å². The van der Waals surface area contributed by atoms with Crippen LogP contribution >= 0.6 is 0 Å². The Morgan fingerprint density at radius 2 is 2.17 bits per heavy atom. The molecule has 7 nitrogen and oxygen atoms in total. The molecule has 2 heterocycles. The van der Waals surface area contributed by atoms with Crippen molar-refractivity contribution in [1.29, 1.82) is 0 Å². The lowest BCUT2D eigenvalue weighted by Crippen LogP contribution is -2.29. The maximum atomic E-state index is 12.0. The molecule has 0 bridgehead atoms.